The smallest absolute Gasteiger partial charge is 0.253 e. The second kappa shape index (κ2) is 8.86. The van der Waals surface area contributed by atoms with Crippen LogP contribution in [0.2, 0.25) is 0 Å². The molecule has 1 saturated heterocycles. The van der Waals surface area contributed by atoms with Gasteiger partial charge in [0.05, 0.1) is 6.54 Å². The van der Waals surface area contributed by atoms with Crippen molar-refractivity contribution >= 4 is 17.6 Å². The lowest BCUT2D eigenvalue weighted by atomic mass is 9.95. The molecule has 0 spiro atoms. The van der Waals surface area contributed by atoms with E-state index in [1.165, 1.54) is 24.3 Å². The van der Waals surface area contributed by atoms with Crippen LogP contribution in [0.3, 0.4) is 0 Å². The largest absolute Gasteiger partial charge is 0.339 e. The Labute approximate surface area is 173 Å². The van der Waals surface area contributed by atoms with E-state index in [0.29, 0.717) is 43.9 Å². The number of nitrogens with one attached hydrogen (secondary N) is 1. The first-order valence-electron chi connectivity index (χ1n) is 9.86. The number of rotatable bonds is 5. The molecule has 1 aliphatic heterocycles. The van der Waals surface area contributed by atoms with Gasteiger partial charge in [-0.25, -0.2) is 4.39 Å². The number of hydrogen-bond donors (Lipinski definition) is 1. The van der Waals surface area contributed by atoms with Crippen molar-refractivity contribution in [1.29, 1.82) is 0 Å². The first-order chi connectivity index (χ1) is 14.6. The minimum absolute atomic E-state index is 0.0851. The van der Waals surface area contributed by atoms with Gasteiger partial charge in [-0.15, -0.1) is 0 Å². The maximum absolute atomic E-state index is 13.0. The van der Waals surface area contributed by atoms with Crippen LogP contribution in [0, 0.1) is 11.7 Å². The summed E-state index contributed by atoms with van der Waals surface area (Å²) in [6.07, 6.45) is 6.44. The summed E-state index contributed by atoms with van der Waals surface area (Å²) in [4.78, 5) is 30.8. The van der Waals surface area contributed by atoms with E-state index in [9.17, 15) is 14.0 Å². The molecule has 1 aliphatic rings. The van der Waals surface area contributed by atoms with Crippen LogP contribution >= 0.6 is 0 Å². The summed E-state index contributed by atoms with van der Waals surface area (Å²) in [6, 6.07) is 11.1. The normalized spacial score (nSPS) is 14.5. The Morgan fingerprint density at radius 3 is 2.43 bits per heavy atom. The van der Waals surface area contributed by atoms with Crippen molar-refractivity contribution in [2.24, 2.45) is 5.92 Å². The molecule has 0 aliphatic carbocycles. The molecule has 1 N–H and O–H groups in total. The minimum atomic E-state index is -0.370. The standard InChI is InChI=1S/C22H22FN5O2/c23-19-3-1-18(2-4-19)22(30)27-12-7-17(8-13-27)21(29)25-20-9-14-28(26-20)15-16-5-10-24-11-6-16/h1-6,9-11,14,17H,7-8,12-13,15H2,(H,25,26,29). The van der Waals surface area contributed by atoms with Gasteiger partial charge in [0, 0.05) is 49.2 Å². The third kappa shape index (κ3) is 4.71. The van der Waals surface area contributed by atoms with Gasteiger partial charge in [0.1, 0.15) is 5.82 Å². The molecule has 2 aromatic heterocycles. The lowest BCUT2D eigenvalue weighted by molar-refractivity contribution is -0.121. The Bertz CT molecular complexity index is 1010. The fourth-order valence-corrected chi connectivity index (χ4v) is 3.54. The zero-order chi connectivity index (χ0) is 20.9. The number of halogens is 1. The molecule has 0 unspecified atom stereocenters. The Balaban J connectivity index is 1.28. The van der Waals surface area contributed by atoms with E-state index >= 15 is 0 Å². The van der Waals surface area contributed by atoms with Crippen molar-refractivity contribution < 1.29 is 14.0 Å². The van der Waals surface area contributed by atoms with Crippen LogP contribution in [0.1, 0.15) is 28.8 Å². The summed E-state index contributed by atoms with van der Waals surface area (Å²) in [7, 11) is 0. The molecule has 3 heterocycles. The summed E-state index contributed by atoms with van der Waals surface area (Å²) in [5.74, 6) is -0.251. The van der Waals surface area contributed by atoms with E-state index in [2.05, 4.69) is 15.4 Å². The Hall–Kier alpha value is -3.55. The molecule has 0 radical (unpaired) electrons. The second-order valence-electron chi connectivity index (χ2n) is 7.32. The predicted octanol–water partition coefficient (Wildman–Crippen LogP) is 2.96. The number of benzene rings is 1. The molecule has 8 heteroatoms. The fourth-order valence-electron chi connectivity index (χ4n) is 3.54. The van der Waals surface area contributed by atoms with Crippen molar-refractivity contribution in [3.8, 4) is 0 Å². The number of pyridine rings is 1. The van der Waals surface area contributed by atoms with Crippen LogP contribution < -0.4 is 5.32 Å². The van der Waals surface area contributed by atoms with E-state index in [4.69, 9.17) is 0 Å². The number of hydrogen-bond acceptors (Lipinski definition) is 4. The van der Waals surface area contributed by atoms with Crippen LogP contribution in [0.15, 0.2) is 61.1 Å². The molecular formula is C22H22FN5O2. The molecule has 154 valence electrons. The monoisotopic (exact) mass is 407 g/mol. The number of carbonyl (C=O) groups is 2. The van der Waals surface area contributed by atoms with Crippen molar-refractivity contribution in [2.75, 3.05) is 18.4 Å². The van der Waals surface area contributed by atoms with Crippen molar-refractivity contribution in [1.82, 2.24) is 19.7 Å². The molecule has 3 aromatic rings. The van der Waals surface area contributed by atoms with Gasteiger partial charge in [0.25, 0.3) is 5.91 Å². The fraction of sp³-hybridized carbons (Fsp3) is 0.273. The molecule has 7 nitrogen and oxygen atoms in total. The minimum Gasteiger partial charge on any atom is -0.339 e. The van der Waals surface area contributed by atoms with Crippen LogP contribution in [0.25, 0.3) is 0 Å². The first kappa shape index (κ1) is 19.8. The van der Waals surface area contributed by atoms with Gasteiger partial charge in [0.15, 0.2) is 5.82 Å². The second-order valence-corrected chi connectivity index (χ2v) is 7.32. The SMILES string of the molecule is O=C(Nc1ccn(Cc2ccncc2)n1)C1CCN(C(=O)c2ccc(F)cc2)CC1. The van der Waals surface area contributed by atoms with Crippen LogP contribution in [0.4, 0.5) is 10.2 Å². The van der Waals surface area contributed by atoms with Crippen molar-refractivity contribution in [3.05, 3.63) is 78.0 Å². The number of carbonyl (C=O) groups excluding carboxylic acids is 2. The molecule has 0 saturated carbocycles. The number of amides is 2. The van der Waals surface area contributed by atoms with Gasteiger partial charge in [-0.05, 0) is 54.8 Å². The maximum atomic E-state index is 13.0. The van der Waals surface area contributed by atoms with E-state index in [0.717, 1.165) is 5.56 Å². The van der Waals surface area contributed by atoms with Gasteiger partial charge >= 0.3 is 0 Å². The summed E-state index contributed by atoms with van der Waals surface area (Å²) in [6.45, 7) is 1.58. The van der Waals surface area contributed by atoms with Crippen LogP contribution in [-0.4, -0.2) is 44.6 Å². The average molecular weight is 407 g/mol. The number of piperidine rings is 1. The van der Waals surface area contributed by atoms with Crippen LogP contribution in [-0.2, 0) is 11.3 Å². The summed E-state index contributed by atoms with van der Waals surface area (Å²) < 4.78 is 14.8. The van der Waals surface area contributed by atoms with Crippen molar-refractivity contribution in [2.45, 2.75) is 19.4 Å². The van der Waals surface area contributed by atoms with Gasteiger partial charge in [-0.2, -0.15) is 5.10 Å². The Kier molecular flexibility index (Phi) is 5.83. The highest BCUT2D eigenvalue weighted by atomic mass is 19.1. The summed E-state index contributed by atoms with van der Waals surface area (Å²) >= 11 is 0. The van der Waals surface area contributed by atoms with E-state index in [1.807, 2.05) is 18.3 Å². The molecular weight excluding hydrogens is 385 g/mol. The highest BCUT2D eigenvalue weighted by Gasteiger charge is 2.28. The molecule has 4 rings (SSSR count). The zero-order valence-corrected chi connectivity index (χ0v) is 16.4. The lowest BCUT2D eigenvalue weighted by Crippen LogP contribution is -2.41. The van der Waals surface area contributed by atoms with Gasteiger partial charge in [-0.3, -0.25) is 19.3 Å². The molecule has 1 fully saturated rings. The Morgan fingerprint density at radius 1 is 1.03 bits per heavy atom. The quantitative estimate of drug-likeness (QED) is 0.705. The van der Waals surface area contributed by atoms with Crippen molar-refractivity contribution in [3.63, 3.8) is 0 Å². The number of aromatic nitrogens is 3. The van der Waals surface area contributed by atoms with Gasteiger partial charge < -0.3 is 10.2 Å². The maximum Gasteiger partial charge on any atom is 0.253 e. The third-order valence-corrected chi connectivity index (χ3v) is 5.23. The molecule has 30 heavy (non-hydrogen) atoms. The van der Waals surface area contributed by atoms with E-state index in [-0.39, 0.29) is 23.5 Å². The van der Waals surface area contributed by atoms with Crippen LogP contribution in [0.5, 0.6) is 0 Å². The third-order valence-electron chi connectivity index (χ3n) is 5.23. The highest BCUT2D eigenvalue weighted by molar-refractivity contribution is 5.95. The molecule has 2 amide bonds. The van der Waals surface area contributed by atoms with Gasteiger partial charge in [-0.1, -0.05) is 0 Å². The molecule has 1 aromatic carbocycles. The molecule has 0 atom stereocenters. The summed E-state index contributed by atoms with van der Waals surface area (Å²) in [5.41, 5.74) is 1.53. The number of likely N-dealkylation sites (tertiary alicyclic amines) is 1. The predicted molar refractivity (Wildman–Crippen MR) is 109 cm³/mol. The Morgan fingerprint density at radius 2 is 1.73 bits per heavy atom. The van der Waals surface area contributed by atoms with E-state index < -0.39 is 0 Å². The topological polar surface area (TPSA) is 80.1 Å². The average Bonchev–Trinajstić information content (AvgIpc) is 3.21. The molecule has 0 bridgehead atoms. The van der Waals surface area contributed by atoms with Gasteiger partial charge in [0.2, 0.25) is 5.91 Å². The number of nitrogens with zero attached hydrogens (tertiary/aromatic N) is 4. The van der Waals surface area contributed by atoms with E-state index in [1.54, 1.807) is 28.0 Å². The summed E-state index contributed by atoms with van der Waals surface area (Å²) in [5, 5.41) is 7.27. The highest BCUT2D eigenvalue weighted by Crippen LogP contribution is 2.21. The number of anilines is 1. The lowest BCUT2D eigenvalue weighted by Gasteiger charge is -2.31. The zero-order valence-electron chi connectivity index (χ0n) is 16.4. The first-order valence-corrected chi connectivity index (χ1v) is 9.86.